The highest BCUT2D eigenvalue weighted by atomic mass is 35.5. The maximum atomic E-state index is 13.6. The average Bonchev–Trinajstić information content (AvgIpc) is 3.17. The number of hydrogen-bond donors (Lipinski definition) is 2. The van der Waals surface area contributed by atoms with Crippen molar-refractivity contribution in [2.75, 3.05) is 29.6 Å². The second kappa shape index (κ2) is 8.30. The van der Waals surface area contributed by atoms with Crippen molar-refractivity contribution in [3.63, 3.8) is 0 Å². The maximum absolute atomic E-state index is 13.6. The minimum Gasteiger partial charge on any atom is -0.378 e. The number of para-hydroxylation sites is 3. The molecule has 0 spiro atoms. The van der Waals surface area contributed by atoms with E-state index < -0.39 is 0 Å². The number of allylic oxidation sites excluding steroid dienone is 1. The molecular weight excluding hydrogens is 434 g/mol. The number of nitrogens with zero attached hydrogens (tertiary/aromatic N) is 3. The van der Waals surface area contributed by atoms with Crippen molar-refractivity contribution < 1.29 is 4.79 Å². The second-order valence-electron chi connectivity index (χ2n) is 8.28. The number of aromatic nitrogens is 2. The van der Waals surface area contributed by atoms with Gasteiger partial charge in [0.25, 0.3) is 5.91 Å². The van der Waals surface area contributed by atoms with E-state index in [1.54, 1.807) is 12.1 Å². The van der Waals surface area contributed by atoms with Gasteiger partial charge in [-0.05, 0) is 48.9 Å². The lowest BCUT2D eigenvalue weighted by Gasteiger charge is -2.31. The first kappa shape index (κ1) is 21.1. The molecule has 0 radical (unpaired) electrons. The number of benzene rings is 3. The number of rotatable bonds is 4. The molecule has 0 saturated heterocycles. The monoisotopic (exact) mass is 457 g/mol. The van der Waals surface area contributed by atoms with E-state index in [9.17, 15) is 4.79 Å². The zero-order chi connectivity index (χ0) is 23.1. The largest absolute Gasteiger partial charge is 0.378 e. The van der Waals surface area contributed by atoms with Gasteiger partial charge < -0.3 is 15.5 Å². The number of fused-ring (bicyclic) bond motifs is 3. The Bertz CT molecular complexity index is 1390. The minimum atomic E-state index is -0.354. The Morgan fingerprint density at radius 1 is 1.03 bits per heavy atom. The molecule has 2 N–H and O–H groups in total. The summed E-state index contributed by atoms with van der Waals surface area (Å²) in [6, 6.07) is 23.1. The minimum absolute atomic E-state index is 0.210. The third-order valence-electron chi connectivity index (χ3n) is 5.92. The second-order valence-corrected chi connectivity index (χ2v) is 8.69. The fourth-order valence-corrected chi connectivity index (χ4v) is 4.46. The van der Waals surface area contributed by atoms with Gasteiger partial charge in [-0.25, -0.2) is 4.98 Å². The normalized spacial score (nSPS) is 15.2. The first-order valence-electron chi connectivity index (χ1n) is 10.7. The summed E-state index contributed by atoms with van der Waals surface area (Å²) in [6.07, 6.45) is 0. The van der Waals surface area contributed by atoms with Gasteiger partial charge >= 0.3 is 0 Å². The van der Waals surface area contributed by atoms with Crippen molar-refractivity contribution in [2.45, 2.75) is 13.0 Å². The Hall–Kier alpha value is -3.77. The molecule has 7 heteroatoms. The van der Waals surface area contributed by atoms with Crippen molar-refractivity contribution in [1.82, 2.24) is 9.55 Å². The van der Waals surface area contributed by atoms with Crippen LogP contribution in [0.2, 0.25) is 5.02 Å². The van der Waals surface area contributed by atoms with Gasteiger partial charge in [0.05, 0.1) is 33.4 Å². The number of imidazole rings is 1. The molecule has 1 aromatic heterocycles. The lowest BCUT2D eigenvalue weighted by atomic mass is 9.94. The SMILES string of the molecule is CC1=C(C(=O)Nc2ccccc2Cl)[C@H](c2ccc(N(C)C)cc2)n2c(nc3ccccc32)N1. The number of carbonyl (C=O) groups is 1. The number of hydrogen-bond acceptors (Lipinski definition) is 4. The molecule has 0 aliphatic carbocycles. The summed E-state index contributed by atoms with van der Waals surface area (Å²) in [7, 11) is 4.01. The van der Waals surface area contributed by atoms with Crippen LogP contribution in [0.15, 0.2) is 84.1 Å². The van der Waals surface area contributed by atoms with Crippen LogP contribution < -0.4 is 15.5 Å². The lowest BCUT2D eigenvalue weighted by Crippen LogP contribution is -2.31. The molecule has 1 amide bonds. The molecule has 166 valence electrons. The third kappa shape index (κ3) is 3.72. The molecule has 6 nitrogen and oxygen atoms in total. The fraction of sp³-hybridized carbons (Fsp3) is 0.154. The van der Waals surface area contributed by atoms with Crippen molar-refractivity contribution >= 4 is 45.9 Å². The summed E-state index contributed by atoms with van der Waals surface area (Å²) in [5.74, 6) is 0.503. The van der Waals surface area contributed by atoms with Crippen LogP contribution >= 0.6 is 11.6 Å². The van der Waals surface area contributed by atoms with Crippen molar-refractivity contribution in [2.24, 2.45) is 0 Å². The smallest absolute Gasteiger partial charge is 0.255 e. The van der Waals surface area contributed by atoms with E-state index >= 15 is 0 Å². The summed E-state index contributed by atoms with van der Waals surface area (Å²) in [6.45, 7) is 1.91. The highest BCUT2D eigenvalue weighted by Gasteiger charge is 2.34. The van der Waals surface area contributed by atoms with Gasteiger partial charge in [-0.1, -0.05) is 48.0 Å². The van der Waals surface area contributed by atoms with Crippen LogP contribution in [0.3, 0.4) is 0 Å². The van der Waals surface area contributed by atoms with Crippen LogP contribution in [0.1, 0.15) is 18.5 Å². The third-order valence-corrected chi connectivity index (χ3v) is 6.25. The van der Waals surface area contributed by atoms with Gasteiger partial charge in [0.1, 0.15) is 0 Å². The Kier molecular flexibility index (Phi) is 5.30. The Morgan fingerprint density at radius 2 is 1.73 bits per heavy atom. The van der Waals surface area contributed by atoms with E-state index in [1.165, 1.54) is 0 Å². The molecule has 1 aliphatic rings. The van der Waals surface area contributed by atoms with E-state index in [2.05, 4.69) is 44.4 Å². The first-order chi connectivity index (χ1) is 15.9. The summed E-state index contributed by atoms with van der Waals surface area (Å²) in [5, 5.41) is 6.83. The van der Waals surface area contributed by atoms with Crippen molar-refractivity contribution in [1.29, 1.82) is 0 Å². The number of nitrogens with one attached hydrogen (secondary N) is 2. The van der Waals surface area contributed by atoms with Crippen molar-refractivity contribution in [3.8, 4) is 0 Å². The van der Waals surface area contributed by atoms with E-state index in [0.29, 0.717) is 22.2 Å². The Labute approximate surface area is 197 Å². The van der Waals surface area contributed by atoms with Crippen LogP contribution in [0, 0.1) is 0 Å². The number of carbonyl (C=O) groups excluding carboxylic acids is 1. The Balaban J connectivity index is 1.66. The van der Waals surface area contributed by atoms with E-state index in [0.717, 1.165) is 28.0 Å². The highest BCUT2D eigenvalue weighted by molar-refractivity contribution is 6.33. The van der Waals surface area contributed by atoms with Crippen LogP contribution in [0.25, 0.3) is 11.0 Å². The summed E-state index contributed by atoms with van der Waals surface area (Å²) in [5.41, 5.74) is 5.86. The van der Waals surface area contributed by atoms with E-state index in [1.807, 2.05) is 57.4 Å². The highest BCUT2D eigenvalue weighted by Crippen LogP contribution is 2.40. The summed E-state index contributed by atoms with van der Waals surface area (Å²) < 4.78 is 2.09. The molecule has 5 rings (SSSR count). The quantitative estimate of drug-likeness (QED) is 0.413. The molecule has 0 bridgehead atoms. The summed E-state index contributed by atoms with van der Waals surface area (Å²) in [4.78, 5) is 20.5. The molecule has 1 atom stereocenters. The zero-order valence-corrected chi connectivity index (χ0v) is 19.4. The molecule has 0 saturated carbocycles. The van der Waals surface area contributed by atoms with Crippen LogP contribution in [-0.4, -0.2) is 29.6 Å². The number of amides is 1. The van der Waals surface area contributed by atoms with Gasteiger partial charge in [0.15, 0.2) is 0 Å². The Morgan fingerprint density at radius 3 is 2.45 bits per heavy atom. The molecular formula is C26H24ClN5O. The standard InChI is InChI=1S/C26H24ClN5O/c1-16-23(25(33)29-20-9-5-4-8-19(20)27)24(17-12-14-18(15-13-17)31(2)3)32-22-11-7-6-10-21(22)30-26(32)28-16/h4-15,24H,1-3H3,(H,28,30)(H,29,33)/t24-/m0/s1. The molecule has 33 heavy (non-hydrogen) atoms. The van der Waals surface area contributed by atoms with Crippen molar-refractivity contribution in [3.05, 3.63) is 94.7 Å². The predicted molar refractivity (Wildman–Crippen MR) is 135 cm³/mol. The molecule has 0 unspecified atom stereocenters. The fourth-order valence-electron chi connectivity index (χ4n) is 4.28. The average molecular weight is 458 g/mol. The van der Waals surface area contributed by atoms with E-state index in [-0.39, 0.29) is 11.9 Å². The molecule has 2 heterocycles. The maximum Gasteiger partial charge on any atom is 0.255 e. The van der Waals surface area contributed by atoms with Gasteiger partial charge in [-0.3, -0.25) is 9.36 Å². The van der Waals surface area contributed by atoms with Crippen LogP contribution in [0.5, 0.6) is 0 Å². The first-order valence-corrected chi connectivity index (χ1v) is 11.1. The van der Waals surface area contributed by atoms with E-state index in [4.69, 9.17) is 16.6 Å². The lowest BCUT2D eigenvalue weighted by molar-refractivity contribution is -0.113. The van der Waals surface area contributed by atoms with Crippen LogP contribution in [0.4, 0.5) is 17.3 Å². The molecule has 0 fully saturated rings. The molecule has 3 aromatic carbocycles. The molecule has 1 aliphatic heterocycles. The predicted octanol–water partition coefficient (Wildman–Crippen LogP) is 5.68. The van der Waals surface area contributed by atoms with Gasteiger partial charge in [0, 0.05) is 25.5 Å². The topological polar surface area (TPSA) is 62.2 Å². The zero-order valence-electron chi connectivity index (χ0n) is 18.6. The molecule has 4 aromatic rings. The number of halogens is 1. The van der Waals surface area contributed by atoms with Crippen LogP contribution in [-0.2, 0) is 4.79 Å². The summed E-state index contributed by atoms with van der Waals surface area (Å²) >= 11 is 6.32. The van der Waals surface area contributed by atoms with Gasteiger partial charge in [-0.2, -0.15) is 0 Å². The van der Waals surface area contributed by atoms with Gasteiger partial charge in [0.2, 0.25) is 5.95 Å². The van der Waals surface area contributed by atoms with Gasteiger partial charge in [-0.15, -0.1) is 0 Å². The number of anilines is 3.